The smallest absolute Gasteiger partial charge is 0.126 e. The molecule has 0 spiro atoms. The first-order valence-electron chi connectivity index (χ1n) is 6.97. The molecule has 0 saturated carbocycles. The largest absolute Gasteiger partial charge is 0.306 e. The van der Waals surface area contributed by atoms with Crippen LogP contribution in [0, 0.1) is 16.3 Å². The number of halogens is 3. The van der Waals surface area contributed by atoms with E-state index in [1.807, 2.05) is 18.2 Å². The monoisotopic (exact) mass is 461 g/mol. The SMILES string of the molecule is CCCNC(c1ccc(C)c(F)c1)c1cc(I)ccc1Br. The summed E-state index contributed by atoms with van der Waals surface area (Å²) in [6, 6.07) is 11.7. The molecule has 0 fully saturated rings. The van der Waals surface area contributed by atoms with Crippen molar-refractivity contribution in [2.75, 3.05) is 6.54 Å². The summed E-state index contributed by atoms with van der Waals surface area (Å²) in [7, 11) is 0. The zero-order chi connectivity index (χ0) is 15.4. The summed E-state index contributed by atoms with van der Waals surface area (Å²) in [5, 5.41) is 3.52. The highest BCUT2D eigenvalue weighted by molar-refractivity contribution is 14.1. The Morgan fingerprint density at radius 3 is 2.67 bits per heavy atom. The quantitative estimate of drug-likeness (QED) is 0.572. The Bertz CT molecular complexity index is 630. The van der Waals surface area contributed by atoms with E-state index in [1.165, 1.54) is 3.57 Å². The van der Waals surface area contributed by atoms with E-state index in [2.05, 4.69) is 62.9 Å². The average Bonchev–Trinajstić information content (AvgIpc) is 2.46. The first-order valence-corrected chi connectivity index (χ1v) is 8.84. The first kappa shape index (κ1) is 16.9. The maximum absolute atomic E-state index is 13.9. The Balaban J connectivity index is 2.46. The van der Waals surface area contributed by atoms with E-state index in [0.717, 1.165) is 28.6 Å². The van der Waals surface area contributed by atoms with Crippen molar-refractivity contribution in [3.8, 4) is 0 Å². The average molecular weight is 462 g/mol. The highest BCUT2D eigenvalue weighted by Gasteiger charge is 2.17. The molecule has 0 aliphatic rings. The van der Waals surface area contributed by atoms with E-state index in [9.17, 15) is 4.39 Å². The minimum Gasteiger partial charge on any atom is -0.306 e. The van der Waals surface area contributed by atoms with E-state index in [1.54, 1.807) is 13.0 Å². The molecule has 4 heteroatoms. The van der Waals surface area contributed by atoms with Crippen LogP contribution in [-0.4, -0.2) is 6.54 Å². The minimum absolute atomic E-state index is 0.0101. The van der Waals surface area contributed by atoms with Gasteiger partial charge in [0.25, 0.3) is 0 Å². The lowest BCUT2D eigenvalue weighted by molar-refractivity contribution is 0.581. The fraction of sp³-hybridized carbons (Fsp3) is 0.294. The van der Waals surface area contributed by atoms with Gasteiger partial charge in [0.15, 0.2) is 0 Å². The second-order valence-corrected chi connectivity index (χ2v) is 7.16. The number of hydrogen-bond donors (Lipinski definition) is 1. The van der Waals surface area contributed by atoms with Crippen molar-refractivity contribution in [2.24, 2.45) is 0 Å². The molecule has 0 aliphatic heterocycles. The molecular weight excluding hydrogens is 444 g/mol. The predicted octanol–water partition coefficient (Wildman–Crippen LogP) is 5.59. The van der Waals surface area contributed by atoms with Gasteiger partial charge < -0.3 is 5.32 Å². The third-order valence-corrected chi connectivity index (χ3v) is 4.79. The van der Waals surface area contributed by atoms with Gasteiger partial charge >= 0.3 is 0 Å². The van der Waals surface area contributed by atoms with Crippen molar-refractivity contribution >= 4 is 38.5 Å². The number of aryl methyl sites for hydroxylation is 1. The summed E-state index contributed by atoms with van der Waals surface area (Å²) in [5.74, 6) is -0.155. The van der Waals surface area contributed by atoms with Crippen molar-refractivity contribution in [3.63, 3.8) is 0 Å². The van der Waals surface area contributed by atoms with Crippen molar-refractivity contribution in [2.45, 2.75) is 26.3 Å². The van der Waals surface area contributed by atoms with Crippen molar-refractivity contribution < 1.29 is 4.39 Å². The van der Waals surface area contributed by atoms with Gasteiger partial charge in [0.1, 0.15) is 5.82 Å². The molecule has 1 nitrogen and oxygen atoms in total. The molecule has 1 N–H and O–H groups in total. The summed E-state index contributed by atoms with van der Waals surface area (Å²) < 4.78 is 16.1. The second kappa shape index (κ2) is 7.70. The molecule has 0 amide bonds. The first-order chi connectivity index (χ1) is 10.0. The third-order valence-electron chi connectivity index (χ3n) is 3.40. The number of benzene rings is 2. The summed E-state index contributed by atoms with van der Waals surface area (Å²) in [5.41, 5.74) is 2.77. The molecule has 0 saturated heterocycles. The molecule has 0 aliphatic carbocycles. The van der Waals surface area contributed by atoms with Gasteiger partial charge in [-0.2, -0.15) is 0 Å². The number of nitrogens with one attached hydrogen (secondary N) is 1. The standard InChI is InChI=1S/C17H18BrFIN/c1-3-8-21-17(12-5-4-11(2)16(19)9-12)14-10-13(20)6-7-15(14)18/h4-7,9-10,17,21H,3,8H2,1-2H3. The summed E-state index contributed by atoms with van der Waals surface area (Å²) in [6.45, 7) is 4.80. The highest BCUT2D eigenvalue weighted by Crippen LogP contribution is 2.30. The van der Waals surface area contributed by atoms with E-state index in [4.69, 9.17) is 0 Å². The van der Waals surface area contributed by atoms with Gasteiger partial charge in [0.05, 0.1) is 6.04 Å². The number of rotatable bonds is 5. The highest BCUT2D eigenvalue weighted by atomic mass is 127. The van der Waals surface area contributed by atoms with Crippen LogP contribution in [0.4, 0.5) is 4.39 Å². The van der Waals surface area contributed by atoms with Crippen molar-refractivity contribution in [3.05, 3.63) is 66.9 Å². The molecule has 21 heavy (non-hydrogen) atoms. The molecule has 0 aromatic heterocycles. The molecule has 112 valence electrons. The topological polar surface area (TPSA) is 12.0 Å². The molecule has 2 rings (SSSR count). The van der Waals surface area contributed by atoms with Crippen LogP contribution in [0.1, 0.15) is 36.1 Å². The minimum atomic E-state index is -0.155. The maximum Gasteiger partial charge on any atom is 0.126 e. The van der Waals surface area contributed by atoms with Crippen LogP contribution in [-0.2, 0) is 0 Å². The van der Waals surface area contributed by atoms with E-state index in [0.29, 0.717) is 5.56 Å². The van der Waals surface area contributed by atoms with Gasteiger partial charge in [-0.25, -0.2) is 4.39 Å². The van der Waals surface area contributed by atoms with Crippen LogP contribution in [0.2, 0.25) is 0 Å². The van der Waals surface area contributed by atoms with Crippen LogP contribution >= 0.6 is 38.5 Å². The lowest BCUT2D eigenvalue weighted by Crippen LogP contribution is -2.24. The van der Waals surface area contributed by atoms with Crippen LogP contribution in [0.15, 0.2) is 40.9 Å². The van der Waals surface area contributed by atoms with Crippen molar-refractivity contribution in [1.82, 2.24) is 5.32 Å². The zero-order valence-corrected chi connectivity index (χ0v) is 15.8. The molecule has 2 aromatic rings. The van der Waals surface area contributed by atoms with Gasteiger partial charge in [-0.15, -0.1) is 0 Å². The zero-order valence-electron chi connectivity index (χ0n) is 12.1. The van der Waals surface area contributed by atoms with Gasteiger partial charge in [-0.05, 0) is 83.4 Å². The summed E-state index contributed by atoms with van der Waals surface area (Å²) in [6.07, 6.45) is 1.03. The molecule has 0 bridgehead atoms. The third kappa shape index (κ3) is 4.27. The Labute approximate surface area is 147 Å². The Morgan fingerprint density at radius 1 is 1.24 bits per heavy atom. The lowest BCUT2D eigenvalue weighted by atomic mass is 9.97. The van der Waals surface area contributed by atoms with Gasteiger partial charge in [0, 0.05) is 8.04 Å². The van der Waals surface area contributed by atoms with Crippen LogP contribution in [0.3, 0.4) is 0 Å². The fourth-order valence-electron chi connectivity index (χ4n) is 2.22. The van der Waals surface area contributed by atoms with E-state index >= 15 is 0 Å². The number of hydrogen-bond acceptors (Lipinski definition) is 1. The Kier molecular flexibility index (Phi) is 6.20. The van der Waals surface area contributed by atoms with Crippen LogP contribution in [0.25, 0.3) is 0 Å². The molecule has 0 heterocycles. The van der Waals surface area contributed by atoms with E-state index < -0.39 is 0 Å². The molecule has 2 aromatic carbocycles. The predicted molar refractivity (Wildman–Crippen MR) is 98.1 cm³/mol. The molecule has 1 atom stereocenters. The fourth-order valence-corrected chi connectivity index (χ4v) is 3.21. The van der Waals surface area contributed by atoms with Gasteiger partial charge in [0.2, 0.25) is 0 Å². The van der Waals surface area contributed by atoms with Crippen LogP contribution < -0.4 is 5.32 Å². The van der Waals surface area contributed by atoms with E-state index in [-0.39, 0.29) is 11.9 Å². The Hall–Kier alpha value is -0.460. The van der Waals surface area contributed by atoms with Crippen LogP contribution in [0.5, 0.6) is 0 Å². The van der Waals surface area contributed by atoms with Gasteiger partial charge in [-0.1, -0.05) is 35.0 Å². The summed E-state index contributed by atoms with van der Waals surface area (Å²) >= 11 is 5.92. The lowest BCUT2D eigenvalue weighted by Gasteiger charge is -2.21. The summed E-state index contributed by atoms with van der Waals surface area (Å²) in [4.78, 5) is 0. The van der Waals surface area contributed by atoms with Crippen molar-refractivity contribution in [1.29, 1.82) is 0 Å². The normalized spacial score (nSPS) is 12.4. The molecule has 0 radical (unpaired) electrons. The maximum atomic E-state index is 13.9. The second-order valence-electron chi connectivity index (χ2n) is 5.06. The Morgan fingerprint density at radius 2 is 2.00 bits per heavy atom. The van der Waals surface area contributed by atoms with Gasteiger partial charge in [-0.3, -0.25) is 0 Å². The molecule has 1 unspecified atom stereocenters. The molecular formula is C17H18BrFIN.